The van der Waals surface area contributed by atoms with Gasteiger partial charge in [-0.25, -0.2) is 23.1 Å². The van der Waals surface area contributed by atoms with E-state index in [4.69, 9.17) is 11.6 Å². The van der Waals surface area contributed by atoms with Crippen LogP contribution in [0.1, 0.15) is 25.7 Å². The quantitative estimate of drug-likeness (QED) is 0.360. The minimum absolute atomic E-state index is 0.228. The highest BCUT2D eigenvalue weighted by Crippen LogP contribution is 2.31. The molecule has 28 heavy (non-hydrogen) atoms. The average Bonchev–Trinajstić information content (AvgIpc) is 3.10. The van der Waals surface area contributed by atoms with E-state index >= 15 is 0 Å². The van der Waals surface area contributed by atoms with E-state index in [0.29, 0.717) is 23.4 Å². The minimum Gasteiger partial charge on any atom is -0.367 e. The third kappa shape index (κ3) is 4.43. The number of rotatable bonds is 6. The summed E-state index contributed by atoms with van der Waals surface area (Å²) >= 11 is 6.27. The predicted octanol–water partition coefficient (Wildman–Crippen LogP) is 2.76. The summed E-state index contributed by atoms with van der Waals surface area (Å²) in [5, 5.41) is 3.87. The molecule has 0 amide bonds. The zero-order valence-corrected chi connectivity index (χ0v) is 16.7. The first-order valence-electron chi connectivity index (χ1n) is 9.19. The summed E-state index contributed by atoms with van der Waals surface area (Å²) in [5.74, 6) is 1.02. The van der Waals surface area contributed by atoms with Gasteiger partial charge in [0.05, 0.1) is 0 Å². The van der Waals surface area contributed by atoms with Crippen LogP contribution in [0.4, 0.5) is 5.82 Å². The number of H-pyrrole nitrogens is 1. The lowest BCUT2D eigenvalue weighted by molar-refractivity contribution is 0.335. The number of aromatic nitrogens is 4. The Morgan fingerprint density at radius 1 is 1.21 bits per heavy atom. The van der Waals surface area contributed by atoms with Crippen LogP contribution >= 0.6 is 11.6 Å². The number of hydrogen-bond acceptors (Lipinski definition) is 6. The van der Waals surface area contributed by atoms with Gasteiger partial charge in [0.1, 0.15) is 16.5 Å². The molecule has 1 aliphatic carbocycles. The highest BCUT2D eigenvalue weighted by atomic mass is 35.5. The minimum atomic E-state index is -2.55. The highest BCUT2D eigenvalue weighted by molar-refractivity contribution is 7.70. The molecule has 8 nitrogen and oxygen atoms in total. The van der Waals surface area contributed by atoms with E-state index in [1.807, 2.05) is 18.3 Å². The van der Waals surface area contributed by atoms with Crippen molar-refractivity contribution in [3.8, 4) is 11.1 Å². The van der Waals surface area contributed by atoms with E-state index in [-0.39, 0.29) is 6.04 Å². The number of pyridine rings is 1. The number of aromatic amines is 1. The molecule has 1 aliphatic rings. The number of thiol groups is 1. The molecular formula is C18H21ClN6O2S. The number of hydrogen-bond donors (Lipinski definition) is 4. The zero-order chi connectivity index (χ0) is 19.5. The number of fused-ring (bicyclic) bond motifs is 1. The molecular weight excluding hydrogens is 400 g/mol. The SMILES string of the molecule is O=[SH](=O)NCC1CCCC(Nc2cc(-c3c[nH]c4nccnc34)cc(Cl)n2)C1. The van der Waals surface area contributed by atoms with Gasteiger partial charge in [-0.15, -0.1) is 0 Å². The molecule has 3 N–H and O–H groups in total. The van der Waals surface area contributed by atoms with Crippen molar-refractivity contribution < 1.29 is 8.42 Å². The van der Waals surface area contributed by atoms with Crippen LogP contribution < -0.4 is 10.0 Å². The molecule has 0 spiro atoms. The van der Waals surface area contributed by atoms with Crippen molar-refractivity contribution in [3.63, 3.8) is 0 Å². The molecule has 3 aromatic heterocycles. The number of anilines is 1. The summed E-state index contributed by atoms with van der Waals surface area (Å²) in [7, 11) is -2.55. The second-order valence-corrected chi connectivity index (χ2v) is 8.23. The number of halogens is 1. The highest BCUT2D eigenvalue weighted by Gasteiger charge is 2.22. The molecule has 0 aromatic carbocycles. The average molecular weight is 421 g/mol. The molecule has 4 rings (SSSR count). The normalized spacial score (nSPS) is 19.9. The third-order valence-electron chi connectivity index (χ3n) is 5.06. The Balaban J connectivity index is 1.53. The molecule has 0 saturated heterocycles. The van der Waals surface area contributed by atoms with E-state index in [2.05, 4.69) is 30.0 Å². The lowest BCUT2D eigenvalue weighted by Gasteiger charge is -2.30. The Labute approximate surface area is 169 Å². The maximum Gasteiger partial charge on any atom is 0.201 e. The van der Waals surface area contributed by atoms with Crippen molar-refractivity contribution in [1.29, 1.82) is 0 Å². The van der Waals surface area contributed by atoms with E-state index in [9.17, 15) is 8.42 Å². The fraction of sp³-hybridized carbons (Fsp3) is 0.389. The van der Waals surface area contributed by atoms with Crippen LogP contribution in [-0.4, -0.2) is 40.9 Å². The fourth-order valence-corrected chi connectivity index (χ4v) is 4.43. The summed E-state index contributed by atoms with van der Waals surface area (Å²) in [4.78, 5) is 16.2. The monoisotopic (exact) mass is 420 g/mol. The number of nitrogens with zero attached hydrogens (tertiary/aromatic N) is 3. The first-order chi connectivity index (χ1) is 13.6. The van der Waals surface area contributed by atoms with Gasteiger partial charge < -0.3 is 10.3 Å². The maximum absolute atomic E-state index is 10.8. The summed E-state index contributed by atoms with van der Waals surface area (Å²) in [6.07, 6.45) is 9.15. The van der Waals surface area contributed by atoms with Crippen molar-refractivity contribution in [2.24, 2.45) is 5.92 Å². The summed E-state index contributed by atoms with van der Waals surface area (Å²) in [5.41, 5.74) is 3.33. The Bertz CT molecular complexity index is 1050. The van der Waals surface area contributed by atoms with Crippen LogP contribution in [-0.2, 0) is 10.9 Å². The molecule has 3 heterocycles. The summed E-state index contributed by atoms with van der Waals surface area (Å²) < 4.78 is 24.1. The van der Waals surface area contributed by atoms with Crippen LogP contribution in [0.25, 0.3) is 22.3 Å². The van der Waals surface area contributed by atoms with Crippen molar-refractivity contribution in [2.75, 3.05) is 11.9 Å². The molecule has 0 aliphatic heterocycles. The summed E-state index contributed by atoms with van der Waals surface area (Å²) in [6, 6.07) is 3.99. The van der Waals surface area contributed by atoms with Gasteiger partial charge in [-0.2, -0.15) is 0 Å². The van der Waals surface area contributed by atoms with Gasteiger partial charge in [0.2, 0.25) is 10.9 Å². The second kappa shape index (κ2) is 8.42. The molecule has 2 atom stereocenters. The smallest absolute Gasteiger partial charge is 0.201 e. The summed E-state index contributed by atoms with van der Waals surface area (Å²) in [6.45, 7) is 0.485. The predicted molar refractivity (Wildman–Crippen MR) is 110 cm³/mol. The standard InChI is InChI=1S/C18H21ClN6O2S/c19-15-7-12(14-10-22-18-17(14)20-4-5-21-18)8-16(25-15)24-13-3-1-2-11(6-13)9-23-28(26)27/h4-5,7-8,10-11,13,28H,1-3,6,9H2,(H,21,22)(H,24,25)(H,23,26,27). The van der Waals surface area contributed by atoms with Crippen molar-refractivity contribution >= 4 is 39.5 Å². The fourth-order valence-electron chi connectivity index (χ4n) is 3.82. The van der Waals surface area contributed by atoms with Gasteiger partial charge in [-0.05, 0) is 42.9 Å². The van der Waals surface area contributed by atoms with Gasteiger partial charge in [-0.3, -0.25) is 4.98 Å². The Hall–Kier alpha value is -2.23. The number of nitrogens with one attached hydrogen (secondary N) is 3. The maximum atomic E-state index is 10.8. The molecule has 148 valence electrons. The van der Waals surface area contributed by atoms with E-state index < -0.39 is 10.9 Å². The molecule has 10 heteroatoms. The van der Waals surface area contributed by atoms with E-state index in [0.717, 1.165) is 48.0 Å². The third-order valence-corrected chi connectivity index (χ3v) is 5.69. The van der Waals surface area contributed by atoms with Crippen LogP contribution in [0.3, 0.4) is 0 Å². The van der Waals surface area contributed by atoms with Gasteiger partial charge in [0.25, 0.3) is 0 Å². The van der Waals surface area contributed by atoms with Crippen molar-refractivity contribution in [1.82, 2.24) is 24.7 Å². The first-order valence-corrected chi connectivity index (χ1v) is 10.7. The molecule has 0 radical (unpaired) electrons. The molecule has 1 fully saturated rings. The largest absolute Gasteiger partial charge is 0.367 e. The molecule has 2 unspecified atom stereocenters. The van der Waals surface area contributed by atoms with E-state index in [1.165, 1.54) is 0 Å². The topological polar surface area (TPSA) is 113 Å². The van der Waals surface area contributed by atoms with Gasteiger partial charge in [0, 0.05) is 36.7 Å². The van der Waals surface area contributed by atoms with Crippen molar-refractivity contribution in [2.45, 2.75) is 31.7 Å². The van der Waals surface area contributed by atoms with Crippen LogP contribution in [0, 0.1) is 5.92 Å². The Kier molecular flexibility index (Phi) is 5.74. The van der Waals surface area contributed by atoms with Crippen LogP contribution in [0.2, 0.25) is 5.15 Å². The Morgan fingerprint density at radius 3 is 2.93 bits per heavy atom. The Morgan fingerprint density at radius 2 is 2.07 bits per heavy atom. The van der Waals surface area contributed by atoms with Gasteiger partial charge >= 0.3 is 0 Å². The lowest BCUT2D eigenvalue weighted by Crippen LogP contribution is -2.32. The lowest BCUT2D eigenvalue weighted by atomic mass is 9.86. The molecule has 0 bridgehead atoms. The zero-order valence-electron chi connectivity index (χ0n) is 15.1. The first kappa shape index (κ1) is 19.1. The van der Waals surface area contributed by atoms with Crippen LogP contribution in [0.15, 0.2) is 30.7 Å². The van der Waals surface area contributed by atoms with Gasteiger partial charge in [-0.1, -0.05) is 18.0 Å². The molecule has 3 aromatic rings. The van der Waals surface area contributed by atoms with Crippen molar-refractivity contribution in [3.05, 3.63) is 35.9 Å². The molecule has 1 saturated carbocycles. The van der Waals surface area contributed by atoms with Crippen LogP contribution in [0.5, 0.6) is 0 Å². The van der Waals surface area contributed by atoms with Gasteiger partial charge in [0.15, 0.2) is 5.65 Å². The van der Waals surface area contributed by atoms with E-state index in [1.54, 1.807) is 12.4 Å². The second-order valence-electron chi connectivity index (χ2n) is 7.01.